The van der Waals surface area contributed by atoms with E-state index >= 15 is 0 Å². The zero-order valence-electron chi connectivity index (χ0n) is 16.1. The van der Waals surface area contributed by atoms with E-state index in [1.807, 2.05) is 49.9 Å². The van der Waals surface area contributed by atoms with Crippen molar-refractivity contribution in [2.75, 3.05) is 6.54 Å². The van der Waals surface area contributed by atoms with E-state index in [9.17, 15) is 4.79 Å². The maximum atomic E-state index is 12.8. The highest BCUT2D eigenvalue weighted by atomic mass is 35.5. The van der Waals surface area contributed by atoms with Gasteiger partial charge in [-0.15, -0.1) is 0 Å². The van der Waals surface area contributed by atoms with Crippen LogP contribution in [0.2, 0.25) is 5.02 Å². The Labute approximate surface area is 153 Å². The molecule has 0 saturated heterocycles. The van der Waals surface area contributed by atoms with Crippen molar-refractivity contribution in [1.82, 2.24) is 4.90 Å². The van der Waals surface area contributed by atoms with Crippen LogP contribution >= 0.6 is 11.6 Å². The second kappa shape index (κ2) is 8.29. The van der Waals surface area contributed by atoms with Crippen LogP contribution in [0.3, 0.4) is 0 Å². The summed E-state index contributed by atoms with van der Waals surface area (Å²) in [6.07, 6.45) is 1.53. The number of benzene rings is 1. The number of nitrogens with zero attached hydrogens (tertiary/aromatic N) is 1. The highest BCUT2D eigenvalue weighted by molar-refractivity contribution is 6.30. The number of ether oxygens (including phenoxy) is 1. The first-order chi connectivity index (χ1) is 10.9. The van der Waals surface area contributed by atoms with E-state index in [2.05, 4.69) is 28.6 Å². The Balaban J connectivity index is 3.01. The molecule has 0 bridgehead atoms. The summed E-state index contributed by atoms with van der Waals surface area (Å²) < 4.78 is 5.65. The maximum absolute atomic E-state index is 12.8. The second-order valence-electron chi connectivity index (χ2n) is 8.22. The zero-order chi connectivity index (χ0) is 18.5. The number of amides is 1. The average molecular weight is 352 g/mol. The van der Waals surface area contributed by atoms with Crippen molar-refractivity contribution in [3.8, 4) is 0 Å². The Hall–Kier alpha value is -1.16. The van der Waals surface area contributed by atoms with E-state index in [1.54, 1.807) is 0 Å². The van der Waals surface area contributed by atoms with Gasteiger partial charge in [-0.1, -0.05) is 44.0 Å². The first kappa shape index (κ1) is 20.9. The van der Waals surface area contributed by atoms with Crippen LogP contribution in [0.1, 0.15) is 53.5 Å². The van der Waals surface area contributed by atoms with Gasteiger partial charge >= 0.3 is 6.09 Å². The molecule has 5 heteroatoms. The second-order valence-corrected chi connectivity index (χ2v) is 8.66. The molecule has 0 heterocycles. The molecule has 1 rings (SSSR count). The molecular weight excluding hydrogens is 320 g/mol. The van der Waals surface area contributed by atoms with Crippen LogP contribution in [-0.2, 0) is 11.2 Å². The molecule has 1 aromatic carbocycles. The summed E-state index contributed by atoms with van der Waals surface area (Å²) in [5.74, 6) is 0.419. The molecule has 3 nitrogen and oxygen atoms in total. The van der Waals surface area contributed by atoms with Gasteiger partial charge < -0.3 is 9.64 Å². The average Bonchev–Trinajstić information content (AvgIpc) is 2.44. The number of rotatable bonds is 6. The van der Waals surface area contributed by atoms with Crippen molar-refractivity contribution >= 4 is 25.5 Å². The number of hydrogen-bond donors (Lipinski definition) is 0. The summed E-state index contributed by atoms with van der Waals surface area (Å²) in [5.41, 5.74) is 0.308. The van der Waals surface area contributed by atoms with Gasteiger partial charge in [0.25, 0.3) is 0 Å². The minimum atomic E-state index is -0.499. The minimum Gasteiger partial charge on any atom is -0.444 e. The minimum absolute atomic E-state index is 0.248. The Kier molecular flexibility index (Phi) is 7.21. The fourth-order valence-electron chi connectivity index (χ4n) is 2.52. The largest absolute Gasteiger partial charge is 0.444 e. The molecule has 0 radical (unpaired) electrons. The summed E-state index contributed by atoms with van der Waals surface area (Å²) in [7, 11) is 2.09. The van der Waals surface area contributed by atoms with E-state index in [0.717, 1.165) is 23.4 Å². The molecule has 0 unspecified atom stereocenters. The van der Waals surface area contributed by atoms with Crippen molar-refractivity contribution in [3.05, 3.63) is 34.9 Å². The predicted molar refractivity (Wildman–Crippen MR) is 105 cm³/mol. The Bertz CT molecular complexity index is 537. The molecule has 0 aliphatic carbocycles. The van der Waals surface area contributed by atoms with Gasteiger partial charge in [-0.3, -0.25) is 0 Å². The molecule has 1 aromatic rings. The highest BCUT2D eigenvalue weighted by Crippen LogP contribution is 2.24. The molecule has 1 amide bonds. The fourth-order valence-corrected chi connectivity index (χ4v) is 2.65. The van der Waals surface area contributed by atoms with Crippen LogP contribution in [0.5, 0.6) is 0 Å². The monoisotopic (exact) mass is 351 g/mol. The smallest absolute Gasteiger partial charge is 0.410 e. The lowest BCUT2D eigenvalue weighted by Gasteiger charge is -2.41. The summed E-state index contributed by atoms with van der Waals surface area (Å²) in [4.78, 5) is 14.7. The lowest BCUT2D eigenvalue weighted by Crippen LogP contribution is -2.54. The van der Waals surface area contributed by atoms with Crippen molar-refractivity contribution in [3.63, 3.8) is 0 Å². The molecule has 0 spiro atoms. The summed E-state index contributed by atoms with van der Waals surface area (Å²) in [6, 6.07) is 7.81. The van der Waals surface area contributed by atoms with Gasteiger partial charge in [-0.2, -0.15) is 0 Å². The van der Waals surface area contributed by atoms with Crippen LogP contribution in [0.25, 0.3) is 0 Å². The predicted octanol–water partition coefficient (Wildman–Crippen LogP) is 4.52. The number of hydrogen-bond acceptors (Lipinski definition) is 2. The summed E-state index contributed by atoms with van der Waals surface area (Å²) in [5, 5.41) is 0.722. The van der Waals surface area contributed by atoms with E-state index in [-0.39, 0.29) is 11.5 Å². The van der Waals surface area contributed by atoms with Gasteiger partial charge in [0.15, 0.2) is 0 Å². The first-order valence-corrected chi connectivity index (χ1v) is 9.07. The molecule has 0 aromatic heterocycles. The van der Waals surface area contributed by atoms with Gasteiger partial charge in [0, 0.05) is 17.0 Å². The van der Waals surface area contributed by atoms with E-state index < -0.39 is 5.60 Å². The zero-order valence-corrected chi connectivity index (χ0v) is 16.9. The van der Waals surface area contributed by atoms with Crippen LogP contribution in [-0.4, -0.2) is 36.4 Å². The van der Waals surface area contributed by atoms with Crippen molar-refractivity contribution < 1.29 is 9.53 Å². The van der Waals surface area contributed by atoms with Crippen molar-refractivity contribution in [1.29, 1.82) is 0 Å². The molecule has 0 saturated carbocycles. The lowest BCUT2D eigenvalue weighted by atomic mass is 9.73. The number of carbonyl (C=O) groups is 1. The third-order valence-corrected chi connectivity index (χ3v) is 4.34. The van der Waals surface area contributed by atoms with Gasteiger partial charge in [-0.25, -0.2) is 4.79 Å². The molecule has 0 aliphatic heterocycles. The molecule has 0 fully saturated rings. The van der Waals surface area contributed by atoms with E-state index in [0.29, 0.717) is 12.5 Å². The summed E-state index contributed by atoms with van der Waals surface area (Å²) >= 11 is 5.97. The van der Waals surface area contributed by atoms with Gasteiger partial charge in [0.1, 0.15) is 13.4 Å². The van der Waals surface area contributed by atoms with Crippen LogP contribution < -0.4 is 0 Å². The third kappa shape index (κ3) is 6.76. The standard InChI is InChI=1S/C19H31BClNO2/c1-7-14(2)13-22(17(23)24-18(3,4)5)19(6,20)12-15-8-10-16(21)11-9-15/h8-11,14H,7,12-13,20H2,1-6H3/t14-,19+/m0/s1. The van der Waals surface area contributed by atoms with Crippen LogP contribution in [0.4, 0.5) is 4.79 Å². The molecule has 2 atom stereocenters. The topological polar surface area (TPSA) is 29.5 Å². The molecule has 0 aliphatic rings. The highest BCUT2D eigenvalue weighted by Gasteiger charge is 2.34. The third-order valence-electron chi connectivity index (χ3n) is 4.09. The SMILES string of the molecule is B[C@@](C)(Cc1ccc(Cl)cc1)N(C[C@@H](C)CC)C(=O)OC(C)(C)C. The molecule has 24 heavy (non-hydrogen) atoms. The normalized spacial score (nSPS) is 15.5. The lowest BCUT2D eigenvalue weighted by molar-refractivity contribution is 0.00915. The first-order valence-electron chi connectivity index (χ1n) is 8.69. The van der Waals surface area contributed by atoms with Gasteiger partial charge in [0.2, 0.25) is 0 Å². The van der Waals surface area contributed by atoms with E-state index in [4.69, 9.17) is 16.3 Å². The fraction of sp³-hybridized carbons (Fsp3) is 0.632. The van der Waals surface area contributed by atoms with Crippen molar-refractivity contribution in [2.24, 2.45) is 5.92 Å². The quantitative estimate of drug-likeness (QED) is 0.705. The van der Waals surface area contributed by atoms with Crippen molar-refractivity contribution in [2.45, 2.75) is 65.4 Å². The van der Waals surface area contributed by atoms with Gasteiger partial charge in [-0.05, 0) is 57.7 Å². The number of carbonyl (C=O) groups excluding carboxylic acids is 1. The van der Waals surface area contributed by atoms with Crippen LogP contribution in [0, 0.1) is 5.92 Å². The van der Waals surface area contributed by atoms with Crippen LogP contribution in [0.15, 0.2) is 24.3 Å². The molecule has 0 N–H and O–H groups in total. The molecule has 134 valence electrons. The Morgan fingerprint density at radius 3 is 2.25 bits per heavy atom. The Morgan fingerprint density at radius 2 is 1.79 bits per heavy atom. The molecular formula is C19H31BClNO2. The summed E-state index contributed by atoms with van der Waals surface area (Å²) in [6.45, 7) is 12.8. The Morgan fingerprint density at radius 1 is 1.25 bits per heavy atom. The van der Waals surface area contributed by atoms with E-state index in [1.165, 1.54) is 0 Å². The maximum Gasteiger partial charge on any atom is 0.410 e. The number of halogens is 1. The van der Waals surface area contributed by atoms with Gasteiger partial charge in [0.05, 0.1) is 0 Å².